The summed E-state index contributed by atoms with van der Waals surface area (Å²) in [6, 6.07) is 5.34. The maximum absolute atomic E-state index is 14.0. The van der Waals surface area contributed by atoms with Crippen LogP contribution in [-0.2, 0) is 6.61 Å². The fraction of sp³-hybridized carbons (Fsp3) is 0.176. The molecule has 0 spiro atoms. The average molecular weight is 389 g/mol. The Labute approximate surface area is 158 Å². The number of ether oxygens (including phenoxy) is 1. The molecule has 1 aliphatic rings. The van der Waals surface area contributed by atoms with Gasteiger partial charge in [-0.15, -0.1) is 0 Å². The zero-order chi connectivity index (χ0) is 19.0. The van der Waals surface area contributed by atoms with Crippen LogP contribution in [-0.4, -0.2) is 25.3 Å². The summed E-state index contributed by atoms with van der Waals surface area (Å²) < 4.78 is 21.7. The number of hydrogen-bond donors (Lipinski definition) is 2. The summed E-state index contributed by atoms with van der Waals surface area (Å²) in [6.45, 7) is 1.96. The number of carbonyl (C=O) groups excluding carboxylic acids is 1. The number of hydrogen-bond acceptors (Lipinski definition) is 7. The molecular formula is C17H14ClFN6O2. The largest absolute Gasteiger partial charge is 0.483 e. The SMILES string of the molecule is CCC(=O)c1ncn2c1COc1c(Nc3nc(NCl)ncc3F)cccc1-2. The fourth-order valence-electron chi connectivity index (χ4n) is 2.85. The van der Waals surface area contributed by atoms with Crippen molar-refractivity contribution in [3.8, 4) is 11.4 Å². The normalized spacial score (nSPS) is 12.0. The van der Waals surface area contributed by atoms with Gasteiger partial charge in [-0.25, -0.2) is 14.4 Å². The van der Waals surface area contributed by atoms with Gasteiger partial charge in [-0.2, -0.15) is 4.98 Å². The van der Waals surface area contributed by atoms with Gasteiger partial charge in [0.05, 0.1) is 23.3 Å². The summed E-state index contributed by atoms with van der Waals surface area (Å²) in [5.41, 5.74) is 2.29. The number of ketones is 1. The Morgan fingerprint density at radius 1 is 1.41 bits per heavy atom. The van der Waals surface area contributed by atoms with Gasteiger partial charge in [0, 0.05) is 18.2 Å². The number of nitrogens with zero attached hydrogens (tertiary/aromatic N) is 4. The molecule has 10 heteroatoms. The first kappa shape index (κ1) is 17.2. The molecule has 8 nitrogen and oxygen atoms in total. The molecule has 0 saturated carbocycles. The van der Waals surface area contributed by atoms with Crippen LogP contribution < -0.4 is 14.9 Å². The van der Waals surface area contributed by atoms with Crippen LogP contribution in [0.4, 0.5) is 21.8 Å². The zero-order valence-electron chi connectivity index (χ0n) is 14.2. The Hall–Kier alpha value is -3.20. The third-order valence-electron chi connectivity index (χ3n) is 4.14. The molecule has 4 rings (SSSR count). The molecule has 0 radical (unpaired) electrons. The fourth-order valence-corrected chi connectivity index (χ4v) is 2.94. The lowest BCUT2D eigenvalue weighted by Crippen LogP contribution is -2.16. The van der Waals surface area contributed by atoms with Crippen LogP contribution >= 0.6 is 11.8 Å². The van der Waals surface area contributed by atoms with E-state index in [9.17, 15) is 9.18 Å². The van der Waals surface area contributed by atoms with Gasteiger partial charge in [0.25, 0.3) is 0 Å². The molecule has 2 aromatic heterocycles. The van der Waals surface area contributed by atoms with Crippen molar-refractivity contribution < 1.29 is 13.9 Å². The van der Waals surface area contributed by atoms with Crippen LogP contribution in [0.15, 0.2) is 30.7 Å². The molecule has 0 saturated heterocycles. The first-order chi connectivity index (χ1) is 13.1. The van der Waals surface area contributed by atoms with Crippen molar-refractivity contribution in [2.45, 2.75) is 20.0 Å². The molecule has 0 unspecified atom stereocenters. The average Bonchev–Trinajstić information content (AvgIpc) is 3.14. The highest BCUT2D eigenvalue weighted by molar-refractivity contribution is 6.23. The number of benzene rings is 1. The lowest BCUT2D eigenvalue weighted by atomic mass is 10.1. The standard InChI is InChI=1S/C17H14ClFN6O2/c1-2-13(26)14-12-7-27-15-10(4-3-5-11(15)25(12)8-21-14)22-16-9(19)6-20-17(23-16)24-18/h3-6,8H,2,7H2,1H3,(H2,20,22,23,24). The first-order valence-electron chi connectivity index (χ1n) is 8.14. The summed E-state index contributed by atoms with van der Waals surface area (Å²) in [4.78, 5) is 26.2. The van der Waals surface area contributed by atoms with Crippen molar-refractivity contribution in [3.05, 3.63) is 47.9 Å². The molecule has 0 amide bonds. The van der Waals surface area contributed by atoms with E-state index in [0.29, 0.717) is 34.9 Å². The van der Waals surface area contributed by atoms with E-state index in [1.807, 2.05) is 6.07 Å². The van der Waals surface area contributed by atoms with Gasteiger partial charge in [0.1, 0.15) is 18.6 Å². The zero-order valence-corrected chi connectivity index (χ0v) is 14.9. The molecule has 0 atom stereocenters. The maximum Gasteiger partial charge on any atom is 0.239 e. The van der Waals surface area contributed by atoms with Crippen LogP contribution in [0.1, 0.15) is 29.5 Å². The van der Waals surface area contributed by atoms with Gasteiger partial charge in [0.15, 0.2) is 23.2 Å². The minimum absolute atomic E-state index is 0.0470. The Kier molecular flexibility index (Phi) is 4.36. The number of imidazole rings is 1. The molecule has 3 aromatic rings. The second-order valence-corrected chi connectivity index (χ2v) is 5.93. The van der Waals surface area contributed by atoms with Crippen LogP contribution in [0.5, 0.6) is 5.75 Å². The van der Waals surface area contributed by atoms with E-state index in [-0.39, 0.29) is 24.2 Å². The van der Waals surface area contributed by atoms with Gasteiger partial charge in [-0.1, -0.05) is 13.0 Å². The lowest BCUT2D eigenvalue weighted by Gasteiger charge is -2.23. The lowest BCUT2D eigenvalue weighted by molar-refractivity contribution is 0.0980. The van der Waals surface area contributed by atoms with E-state index in [1.54, 1.807) is 30.0 Å². The minimum Gasteiger partial charge on any atom is -0.483 e. The molecule has 1 aromatic carbocycles. The Bertz CT molecular complexity index is 1040. The van der Waals surface area contributed by atoms with Gasteiger partial charge in [-0.3, -0.25) is 14.2 Å². The smallest absolute Gasteiger partial charge is 0.239 e. The first-order valence-corrected chi connectivity index (χ1v) is 8.52. The van der Waals surface area contributed by atoms with Crippen molar-refractivity contribution in [3.63, 3.8) is 0 Å². The van der Waals surface area contributed by atoms with Crippen LogP contribution in [0, 0.1) is 5.82 Å². The summed E-state index contributed by atoms with van der Waals surface area (Å²) in [5, 5.41) is 2.90. The van der Waals surface area contributed by atoms with E-state index < -0.39 is 5.82 Å². The Balaban J connectivity index is 1.75. The quantitative estimate of drug-likeness (QED) is 0.509. The number of fused-ring (bicyclic) bond motifs is 3. The molecule has 0 bridgehead atoms. The summed E-state index contributed by atoms with van der Waals surface area (Å²) in [7, 11) is 0. The van der Waals surface area contributed by atoms with Gasteiger partial charge < -0.3 is 10.1 Å². The van der Waals surface area contributed by atoms with Crippen molar-refractivity contribution >= 4 is 35.0 Å². The minimum atomic E-state index is -0.641. The molecule has 0 fully saturated rings. The van der Waals surface area contributed by atoms with Crippen molar-refractivity contribution in [1.82, 2.24) is 19.5 Å². The second-order valence-electron chi connectivity index (χ2n) is 5.74. The highest BCUT2D eigenvalue weighted by atomic mass is 35.5. The molecule has 27 heavy (non-hydrogen) atoms. The number of Topliss-reactive ketones (excluding diaryl/α,β-unsaturated/α-hetero) is 1. The number of rotatable bonds is 5. The molecule has 138 valence electrons. The number of nitrogens with one attached hydrogen (secondary N) is 2. The number of anilines is 3. The number of para-hydroxylation sites is 1. The number of halogens is 2. The number of carbonyl (C=O) groups is 1. The van der Waals surface area contributed by atoms with Gasteiger partial charge >= 0.3 is 0 Å². The van der Waals surface area contributed by atoms with E-state index in [1.165, 1.54) is 0 Å². The van der Waals surface area contributed by atoms with Crippen molar-refractivity contribution in [1.29, 1.82) is 0 Å². The Morgan fingerprint density at radius 3 is 3.04 bits per heavy atom. The maximum atomic E-state index is 14.0. The van der Waals surface area contributed by atoms with Crippen LogP contribution in [0.3, 0.4) is 0 Å². The molecule has 2 N–H and O–H groups in total. The van der Waals surface area contributed by atoms with E-state index in [2.05, 4.69) is 25.1 Å². The molecule has 1 aliphatic heterocycles. The van der Waals surface area contributed by atoms with Crippen molar-refractivity contribution in [2.75, 3.05) is 10.2 Å². The molecule has 3 heterocycles. The molecule has 0 aliphatic carbocycles. The highest BCUT2D eigenvalue weighted by Crippen LogP contribution is 2.38. The second kappa shape index (κ2) is 6.84. The highest BCUT2D eigenvalue weighted by Gasteiger charge is 2.26. The topological polar surface area (TPSA) is 94.0 Å². The predicted molar refractivity (Wildman–Crippen MR) is 97.3 cm³/mol. The molecular weight excluding hydrogens is 375 g/mol. The number of aromatic nitrogens is 4. The summed E-state index contributed by atoms with van der Waals surface area (Å²) in [6.07, 6.45) is 2.96. The van der Waals surface area contributed by atoms with Gasteiger partial charge in [-0.05, 0) is 12.1 Å². The van der Waals surface area contributed by atoms with Crippen LogP contribution in [0.25, 0.3) is 5.69 Å². The van der Waals surface area contributed by atoms with Crippen LogP contribution in [0.2, 0.25) is 0 Å². The third kappa shape index (κ3) is 2.95. The summed E-state index contributed by atoms with van der Waals surface area (Å²) in [5.74, 6) is -0.182. The van der Waals surface area contributed by atoms with E-state index in [4.69, 9.17) is 16.5 Å². The Morgan fingerprint density at radius 2 is 2.26 bits per heavy atom. The monoisotopic (exact) mass is 388 g/mol. The summed E-state index contributed by atoms with van der Waals surface area (Å²) >= 11 is 5.48. The third-order valence-corrected chi connectivity index (χ3v) is 4.31. The van der Waals surface area contributed by atoms with E-state index in [0.717, 1.165) is 6.20 Å². The van der Waals surface area contributed by atoms with Gasteiger partial charge in [0.2, 0.25) is 5.95 Å². The van der Waals surface area contributed by atoms with E-state index >= 15 is 0 Å². The predicted octanol–water partition coefficient (Wildman–Crippen LogP) is 3.60. The van der Waals surface area contributed by atoms with Crippen molar-refractivity contribution in [2.24, 2.45) is 0 Å².